The lowest BCUT2D eigenvalue weighted by atomic mass is 9.94. The summed E-state index contributed by atoms with van der Waals surface area (Å²) in [7, 11) is 0. The molecule has 18 heavy (non-hydrogen) atoms. The molecule has 0 radical (unpaired) electrons. The van der Waals surface area contributed by atoms with E-state index >= 15 is 0 Å². The zero-order valence-corrected chi connectivity index (χ0v) is 10.4. The molecule has 1 aromatic carbocycles. The Bertz CT molecular complexity index is 567. The van der Waals surface area contributed by atoms with Crippen molar-refractivity contribution in [1.82, 2.24) is 4.98 Å². The van der Waals surface area contributed by atoms with Crippen molar-refractivity contribution in [2.24, 2.45) is 0 Å². The average molecular weight is 247 g/mol. The van der Waals surface area contributed by atoms with Crippen molar-refractivity contribution >= 4 is 22.8 Å². The first-order valence-electron chi connectivity index (χ1n) is 6.17. The summed E-state index contributed by atoms with van der Waals surface area (Å²) in [6, 6.07) is 6.07. The topological polar surface area (TPSA) is 75.5 Å². The predicted octanol–water partition coefficient (Wildman–Crippen LogP) is 1.76. The monoisotopic (exact) mass is 247 g/mol. The molecule has 3 N–H and O–H groups in total. The molecule has 5 heteroatoms. The number of hydrogen-bond acceptors (Lipinski definition) is 5. The Morgan fingerprint density at radius 1 is 1.39 bits per heavy atom. The van der Waals surface area contributed by atoms with Gasteiger partial charge < -0.3 is 20.2 Å². The number of nitrogen functional groups attached to an aromatic ring is 1. The van der Waals surface area contributed by atoms with Crippen molar-refractivity contribution in [3.05, 3.63) is 18.2 Å². The van der Waals surface area contributed by atoms with Crippen molar-refractivity contribution in [1.29, 1.82) is 0 Å². The number of nitrogens with two attached hydrogens (primary N) is 1. The van der Waals surface area contributed by atoms with E-state index in [2.05, 4.69) is 9.88 Å². The molecule has 2 heterocycles. The lowest BCUT2D eigenvalue weighted by Gasteiger charge is -2.34. The Morgan fingerprint density at radius 3 is 2.83 bits per heavy atom. The fourth-order valence-corrected chi connectivity index (χ4v) is 2.24. The van der Waals surface area contributed by atoms with Gasteiger partial charge in [0.25, 0.3) is 6.01 Å². The average Bonchev–Trinajstić information content (AvgIpc) is 2.71. The summed E-state index contributed by atoms with van der Waals surface area (Å²) < 4.78 is 5.71. The van der Waals surface area contributed by atoms with Crippen LogP contribution in [0.25, 0.3) is 11.1 Å². The van der Waals surface area contributed by atoms with Crippen LogP contribution in [0.5, 0.6) is 0 Å². The van der Waals surface area contributed by atoms with E-state index in [0.717, 1.165) is 31.4 Å². The second-order valence-corrected chi connectivity index (χ2v) is 5.21. The smallest absolute Gasteiger partial charge is 0.298 e. The number of piperidine rings is 1. The summed E-state index contributed by atoms with van der Waals surface area (Å²) in [6.45, 7) is 3.39. The molecule has 96 valence electrons. The van der Waals surface area contributed by atoms with Gasteiger partial charge in [0.05, 0.1) is 5.60 Å². The normalized spacial score (nSPS) is 19.3. The molecule has 0 unspecified atom stereocenters. The van der Waals surface area contributed by atoms with Gasteiger partial charge in [-0.2, -0.15) is 4.98 Å². The van der Waals surface area contributed by atoms with Gasteiger partial charge in [0.1, 0.15) is 5.52 Å². The van der Waals surface area contributed by atoms with Crippen LogP contribution in [-0.4, -0.2) is 28.8 Å². The molecular formula is C13H17N3O2. The molecule has 1 saturated heterocycles. The summed E-state index contributed by atoms with van der Waals surface area (Å²) in [5.41, 5.74) is 7.35. The molecular weight excluding hydrogens is 230 g/mol. The summed E-state index contributed by atoms with van der Waals surface area (Å²) >= 11 is 0. The van der Waals surface area contributed by atoms with Gasteiger partial charge in [-0.25, -0.2) is 0 Å². The molecule has 0 atom stereocenters. The third kappa shape index (κ3) is 2.01. The van der Waals surface area contributed by atoms with Gasteiger partial charge in [0.15, 0.2) is 5.58 Å². The maximum absolute atomic E-state index is 9.92. The SMILES string of the molecule is CC1(O)CCN(c2nc3ccc(N)cc3o2)CC1. The third-order valence-electron chi connectivity index (χ3n) is 3.51. The Labute approximate surface area is 105 Å². The predicted molar refractivity (Wildman–Crippen MR) is 70.5 cm³/mol. The number of aliphatic hydroxyl groups is 1. The highest BCUT2D eigenvalue weighted by molar-refractivity contribution is 5.78. The Kier molecular flexibility index (Phi) is 2.45. The lowest BCUT2D eigenvalue weighted by molar-refractivity contribution is 0.0344. The molecule has 0 amide bonds. The third-order valence-corrected chi connectivity index (χ3v) is 3.51. The van der Waals surface area contributed by atoms with Crippen LogP contribution in [0.4, 0.5) is 11.7 Å². The number of oxazole rings is 1. The van der Waals surface area contributed by atoms with Crippen LogP contribution in [-0.2, 0) is 0 Å². The minimum atomic E-state index is -0.563. The number of anilines is 2. The molecule has 5 nitrogen and oxygen atoms in total. The summed E-state index contributed by atoms with van der Waals surface area (Å²) in [5, 5.41) is 9.92. The van der Waals surface area contributed by atoms with Crippen molar-refractivity contribution in [3.63, 3.8) is 0 Å². The fourth-order valence-electron chi connectivity index (χ4n) is 2.24. The van der Waals surface area contributed by atoms with E-state index in [1.54, 1.807) is 6.07 Å². The first kappa shape index (κ1) is 11.3. The van der Waals surface area contributed by atoms with Crippen LogP contribution in [0.3, 0.4) is 0 Å². The molecule has 0 spiro atoms. The minimum absolute atomic E-state index is 0.563. The van der Waals surface area contributed by atoms with Crippen LogP contribution < -0.4 is 10.6 Å². The molecule has 1 aromatic heterocycles. The number of rotatable bonds is 1. The van der Waals surface area contributed by atoms with E-state index < -0.39 is 5.60 Å². The number of aromatic nitrogens is 1. The highest BCUT2D eigenvalue weighted by Crippen LogP contribution is 2.28. The van der Waals surface area contributed by atoms with Crippen LogP contribution >= 0.6 is 0 Å². The van der Waals surface area contributed by atoms with Crippen LogP contribution in [0.15, 0.2) is 22.6 Å². The molecule has 1 fully saturated rings. The number of nitrogens with zero attached hydrogens (tertiary/aromatic N) is 2. The largest absolute Gasteiger partial charge is 0.423 e. The van der Waals surface area contributed by atoms with Gasteiger partial charge in [-0.1, -0.05) is 0 Å². The summed E-state index contributed by atoms with van der Waals surface area (Å²) in [4.78, 5) is 6.51. The minimum Gasteiger partial charge on any atom is -0.423 e. The second-order valence-electron chi connectivity index (χ2n) is 5.21. The molecule has 0 saturated carbocycles. The Balaban J connectivity index is 1.87. The van der Waals surface area contributed by atoms with Gasteiger partial charge in [-0.15, -0.1) is 0 Å². The summed E-state index contributed by atoms with van der Waals surface area (Å²) in [6.07, 6.45) is 1.46. The number of benzene rings is 1. The Hall–Kier alpha value is -1.75. The first-order valence-corrected chi connectivity index (χ1v) is 6.17. The van der Waals surface area contributed by atoms with Crippen LogP contribution in [0, 0.1) is 0 Å². The number of hydrogen-bond donors (Lipinski definition) is 2. The van der Waals surface area contributed by atoms with E-state index in [-0.39, 0.29) is 0 Å². The van der Waals surface area contributed by atoms with Crippen molar-refractivity contribution < 1.29 is 9.52 Å². The quantitative estimate of drug-likeness (QED) is 0.751. The van der Waals surface area contributed by atoms with Crippen molar-refractivity contribution in [3.8, 4) is 0 Å². The second kappa shape index (κ2) is 3.88. The van der Waals surface area contributed by atoms with Crippen LogP contribution in [0.1, 0.15) is 19.8 Å². The maximum atomic E-state index is 9.92. The van der Waals surface area contributed by atoms with Gasteiger partial charge in [-0.05, 0) is 31.9 Å². The van der Waals surface area contributed by atoms with Crippen LogP contribution in [0.2, 0.25) is 0 Å². The molecule has 0 bridgehead atoms. The lowest BCUT2D eigenvalue weighted by Crippen LogP contribution is -2.42. The van der Waals surface area contributed by atoms with Gasteiger partial charge in [-0.3, -0.25) is 0 Å². The van der Waals surface area contributed by atoms with Crippen molar-refractivity contribution in [2.45, 2.75) is 25.4 Å². The Morgan fingerprint density at radius 2 is 2.11 bits per heavy atom. The molecule has 3 rings (SSSR count). The van der Waals surface area contributed by atoms with E-state index in [1.165, 1.54) is 0 Å². The van der Waals surface area contributed by atoms with Gasteiger partial charge >= 0.3 is 0 Å². The van der Waals surface area contributed by atoms with Gasteiger partial charge in [0, 0.05) is 24.8 Å². The zero-order chi connectivity index (χ0) is 12.8. The fraction of sp³-hybridized carbons (Fsp3) is 0.462. The van der Waals surface area contributed by atoms with E-state index in [1.807, 2.05) is 19.1 Å². The summed E-state index contributed by atoms with van der Waals surface area (Å²) in [5.74, 6) is 0. The zero-order valence-electron chi connectivity index (χ0n) is 10.4. The van der Waals surface area contributed by atoms with E-state index in [0.29, 0.717) is 17.3 Å². The highest BCUT2D eigenvalue weighted by atomic mass is 16.4. The van der Waals surface area contributed by atoms with E-state index in [4.69, 9.17) is 10.2 Å². The van der Waals surface area contributed by atoms with E-state index in [9.17, 15) is 5.11 Å². The van der Waals surface area contributed by atoms with Crippen molar-refractivity contribution in [2.75, 3.05) is 23.7 Å². The molecule has 1 aliphatic rings. The van der Waals surface area contributed by atoms with Gasteiger partial charge in [0.2, 0.25) is 0 Å². The number of fused-ring (bicyclic) bond motifs is 1. The maximum Gasteiger partial charge on any atom is 0.298 e. The first-order chi connectivity index (χ1) is 8.53. The highest BCUT2D eigenvalue weighted by Gasteiger charge is 2.29. The molecule has 2 aromatic rings. The standard InChI is InChI=1S/C13H17N3O2/c1-13(17)4-6-16(7-5-13)12-15-10-3-2-9(14)8-11(10)18-12/h2-3,8,17H,4-7,14H2,1H3. The molecule has 1 aliphatic heterocycles. The molecule has 0 aliphatic carbocycles.